The maximum absolute atomic E-state index is 11.0. The number of hydrogen-bond acceptors (Lipinski definition) is 3. The highest BCUT2D eigenvalue weighted by atomic mass is 35.5. The van der Waals surface area contributed by atoms with Crippen LogP contribution >= 0.6 is 24.0 Å². The van der Waals surface area contributed by atoms with Crippen LogP contribution in [-0.2, 0) is 11.3 Å². The Hall–Kier alpha value is -0.970. The van der Waals surface area contributed by atoms with Crippen LogP contribution in [0.4, 0.5) is 0 Å². The standard InChI is InChI=1S/C10H13ClN2O2.ClH/c1-15-9-3-2-8(11)4-7(9)6-13-10(14)5-12;/h2-4H,5-6,12H2,1H3,(H,13,14);1H. The van der Waals surface area contributed by atoms with Gasteiger partial charge in [0.05, 0.1) is 13.7 Å². The summed E-state index contributed by atoms with van der Waals surface area (Å²) in [5, 5.41) is 3.25. The lowest BCUT2D eigenvalue weighted by molar-refractivity contribution is -0.119. The quantitative estimate of drug-likeness (QED) is 0.863. The fourth-order valence-electron chi connectivity index (χ4n) is 1.15. The number of ether oxygens (including phenoxy) is 1. The number of methoxy groups -OCH3 is 1. The molecule has 1 aromatic carbocycles. The fourth-order valence-corrected chi connectivity index (χ4v) is 1.35. The number of hydrogen-bond donors (Lipinski definition) is 2. The van der Waals surface area contributed by atoms with E-state index >= 15 is 0 Å². The molecule has 16 heavy (non-hydrogen) atoms. The zero-order valence-electron chi connectivity index (χ0n) is 8.83. The van der Waals surface area contributed by atoms with Crippen LogP contribution in [0.25, 0.3) is 0 Å². The number of nitrogens with two attached hydrogens (primary N) is 1. The van der Waals surface area contributed by atoms with E-state index in [2.05, 4.69) is 5.32 Å². The lowest BCUT2D eigenvalue weighted by Gasteiger charge is -2.09. The average Bonchev–Trinajstić information content (AvgIpc) is 2.26. The van der Waals surface area contributed by atoms with E-state index in [4.69, 9.17) is 22.1 Å². The molecular weight excluding hydrogens is 251 g/mol. The molecule has 0 heterocycles. The number of nitrogens with one attached hydrogen (secondary N) is 1. The maximum atomic E-state index is 11.0. The van der Waals surface area contributed by atoms with Gasteiger partial charge < -0.3 is 15.8 Å². The summed E-state index contributed by atoms with van der Waals surface area (Å²) in [4.78, 5) is 11.0. The molecule has 0 unspecified atom stereocenters. The summed E-state index contributed by atoms with van der Waals surface area (Å²) in [6.45, 7) is 0.336. The summed E-state index contributed by atoms with van der Waals surface area (Å²) < 4.78 is 5.13. The zero-order chi connectivity index (χ0) is 11.3. The summed E-state index contributed by atoms with van der Waals surface area (Å²) in [6.07, 6.45) is 0. The van der Waals surface area contributed by atoms with E-state index < -0.39 is 0 Å². The third kappa shape index (κ3) is 4.26. The third-order valence-electron chi connectivity index (χ3n) is 1.90. The van der Waals surface area contributed by atoms with Crippen LogP contribution in [0.3, 0.4) is 0 Å². The number of benzene rings is 1. The monoisotopic (exact) mass is 264 g/mol. The molecule has 1 aromatic rings. The normalized spacial score (nSPS) is 9.19. The van der Waals surface area contributed by atoms with Gasteiger partial charge in [0, 0.05) is 17.1 Å². The van der Waals surface area contributed by atoms with Crippen molar-refractivity contribution < 1.29 is 9.53 Å². The van der Waals surface area contributed by atoms with Crippen LogP contribution in [0.5, 0.6) is 5.75 Å². The van der Waals surface area contributed by atoms with Crippen LogP contribution < -0.4 is 15.8 Å². The molecular formula is C10H14Cl2N2O2. The molecule has 0 aliphatic heterocycles. The predicted molar refractivity (Wildman–Crippen MR) is 66.2 cm³/mol. The largest absolute Gasteiger partial charge is 0.496 e. The lowest BCUT2D eigenvalue weighted by Crippen LogP contribution is -2.29. The Morgan fingerprint density at radius 1 is 1.56 bits per heavy atom. The van der Waals surface area contributed by atoms with Gasteiger partial charge in [-0.05, 0) is 18.2 Å². The lowest BCUT2D eigenvalue weighted by atomic mass is 10.2. The molecule has 1 amide bonds. The first-order chi connectivity index (χ1) is 7.17. The number of carbonyl (C=O) groups excluding carboxylic acids is 1. The Labute approximate surface area is 106 Å². The van der Waals surface area contributed by atoms with Gasteiger partial charge in [-0.1, -0.05) is 11.6 Å². The second-order valence-electron chi connectivity index (χ2n) is 2.94. The summed E-state index contributed by atoms with van der Waals surface area (Å²) in [7, 11) is 1.57. The van der Waals surface area contributed by atoms with E-state index in [1.165, 1.54) is 0 Å². The summed E-state index contributed by atoms with van der Waals surface area (Å²) in [6, 6.07) is 5.23. The van der Waals surface area contributed by atoms with Crippen LogP contribution in [0, 0.1) is 0 Å². The number of halogens is 2. The Bertz CT molecular complexity index is 359. The molecule has 0 radical (unpaired) electrons. The third-order valence-corrected chi connectivity index (χ3v) is 2.14. The molecule has 0 saturated heterocycles. The Kier molecular flexibility index (Phi) is 6.88. The minimum absolute atomic E-state index is 0. The van der Waals surface area contributed by atoms with Gasteiger partial charge in [-0.15, -0.1) is 12.4 Å². The van der Waals surface area contributed by atoms with Crippen molar-refractivity contribution in [3.05, 3.63) is 28.8 Å². The molecule has 6 heteroatoms. The second kappa shape index (κ2) is 7.33. The minimum Gasteiger partial charge on any atom is -0.496 e. The van der Waals surface area contributed by atoms with Gasteiger partial charge in [-0.3, -0.25) is 4.79 Å². The second-order valence-corrected chi connectivity index (χ2v) is 3.37. The minimum atomic E-state index is -0.211. The SMILES string of the molecule is COc1ccc(Cl)cc1CNC(=O)CN.Cl. The van der Waals surface area contributed by atoms with E-state index in [9.17, 15) is 4.79 Å². The molecule has 0 aliphatic rings. The van der Waals surface area contributed by atoms with Gasteiger partial charge in [0.2, 0.25) is 5.91 Å². The maximum Gasteiger partial charge on any atom is 0.234 e. The van der Waals surface area contributed by atoms with Crippen molar-refractivity contribution in [1.29, 1.82) is 0 Å². The van der Waals surface area contributed by atoms with E-state index in [1.54, 1.807) is 25.3 Å². The molecule has 0 atom stereocenters. The number of carbonyl (C=O) groups is 1. The molecule has 90 valence electrons. The van der Waals surface area contributed by atoms with Crippen molar-refractivity contribution in [3.8, 4) is 5.75 Å². The molecule has 3 N–H and O–H groups in total. The molecule has 0 aromatic heterocycles. The van der Waals surface area contributed by atoms with Gasteiger partial charge in [0.25, 0.3) is 0 Å². The van der Waals surface area contributed by atoms with E-state index in [0.29, 0.717) is 17.3 Å². The molecule has 0 spiro atoms. The fraction of sp³-hybridized carbons (Fsp3) is 0.300. The highest BCUT2D eigenvalue weighted by Gasteiger charge is 2.05. The zero-order valence-corrected chi connectivity index (χ0v) is 10.4. The van der Waals surface area contributed by atoms with Gasteiger partial charge in [-0.2, -0.15) is 0 Å². The summed E-state index contributed by atoms with van der Waals surface area (Å²) in [5.41, 5.74) is 5.99. The predicted octanol–water partition coefficient (Wildman–Crippen LogP) is 1.35. The van der Waals surface area contributed by atoms with Crippen LogP contribution in [0.1, 0.15) is 5.56 Å². The highest BCUT2D eigenvalue weighted by molar-refractivity contribution is 6.30. The number of rotatable bonds is 4. The number of amides is 1. The van der Waals surface area contributed by atoms with Crippen LogP contribution in [-0.4, -0.2) is 19.6 Å². The Balaban J connectivity index is 0.00000225. The Morgan fingerprint density at radius 3 is 2.81 bits per heavy atom. The van der Waals surface area contributed by atoms with E-state index in [0.717, 1.165) is 5.56 Å². The van der Waals surface area contributed by atoms with Crippen molar-refractivity contribution in [2.24, 2.45) is 5.73 Å². The molecule has 0 saturated carbocycles. The first-order valence-electron chi connectivity index (χ1n) is 4.46. The molecule has 0 fully saturated rings. The van der Waals surface area contributed by atoms with E-state index in [1.807, 2.05) is 0 Å². The first kappa shape index (κ1) is 15.0. The molecule has 0 bridgehead atoms. The average molecular weight is 265 g/mol. The highest BCUT2D eigenvalue weighted by Crippen LogP contribution is 2.22. The topological polar surface area (TPSA) is 64.3 Å². The van der Waals surface area contributed by atoms with Crippen molar-refractivity contribution in [2.45, 2.75) is 6.54 Å². The van der Waals surface area contributed by atoms with E-state index in [-0.39, 0.29) is 24.9 Å². The van der Waals surface area contributed by atoms with Crippen LogP contribution in [0.15, 0.2) is 18.2 Å². The van der Waals surface area contributed by atoms with Crippen molar-refractivity contribution >= 4 is 29.9 Å². The van der Waals surface area contributed by atoms with Gasteiger partial charge in [0.1, 0.15) is 5.75 Å². The summed E-state index contributed by atoms with van der Waals surface area (Å²) in [5.74, 6) is 0.480. The van der Waals surface area contributed by atoms with Crippen LogP contribution in [0.2, 0.25) is 5.02 Å². The van der Waals surface area contributed by atoms with Gasteiger partial charge in [-0.25, -0.2) is 0 Å². The van der Waals surface area contributed by atoms with Gasteiger partial charge in [0.15, 0.2) is 0 Å². The summed E-state index contributed by atoms with van der Waals surface area (Å²) >= 11 is 5.83. The van der Waals surface area contributed by atoms with Gasteiger partial charge >= 0.3 is 0 Å². The molecule has 1 rings (SSSR count). The molecule has 0 aliphatic carbocycles. The van der Waals surface area contributed by atoms with Crippen molar-refractivity contribution in [1.82, 2.24) is 5.32 Å². The smallest absolute Gasteiger partial charge is 0.234 e. The van der Waals surface area contributed by atoms with Crippen molar-refractivity contribution in [3.63, 3.8) is 0 Å². The first-order valence-corrected chi connectivity index (χ1v) is 4.84. The van der Waals surface area contributed by atoms with Crippen molar-refractivity contribution in [2.75, 3.05) is 13.7 Å². The molecule has 4 nitrogen and oxygen atoms in total. The Morgan fingerprint density at radius 2 is 2.25 bits per heavy atom.